The smallest absolute Gasteiger partial charge is 0.224 e. The minimum atomic E-state index is -0.612. The lowest BCUT2D eigenvalue weighted by Crippen LogP contribution is -2.42. The van der Waals surface area contributed by atoms with Gasteiger partial charge in [-0.1, -0.05) is 13.8 Å². The molecule has 0 radical (unpaired) electrons. The summed E-state index contributed by atoms with van der Waals surface area (Å²) in [5.41, 5.74) is -0.252. The van der Waals surface area contributed by atoms with Gasteiger partial charge in [-0.05, 0) is 44.1 Å². The van der Waals surface area contributed by atoms with Crippen LogP contribution < -0.4 is 10.6 Å². The third kappa shape index (κ3) is 4.07. The van der Waals surface area contributed by atoms with Crippen LogP contribution in [0.15, 0.2) is 12.3 Å². The number of hydrogen-bond acceptors (Lipinski definition) is 5. The van der Waals surface area contributed by atoms with Gasteiger partial charge >= 0.3 is 0 Å². The topological polar surface area (TPSA) is 70.1 Å². The molecule has 0 unspecified atom stereocenters. The SMILES string of the molecule is CCNc1nccc(NCC2(O)CCC(C)(C)CC2)n1. The summed E-state index contributed by atoms with van der Waals surface area (Å²) in [6, 6.07) is 1.83. The second kappa shape index (κ2) is 5.95. The standard InChI is InChI=1S/C15H26N4O/c1-4-16-13-17-10-5-12(19-13)18-11-15(20)8-6-14(2,3)7-9-15/h5,10,20H,4,6-9,11H2,1-3H3,(H2,16,17,18,19). The van der Waals surface area contributed by atoms with Crippen molar-refractivity contribution in [1.82, 2.24) is 9.97 Å². The van der Waals surface area contributed by atoms with Crippen LogP contribution in [0.25, 0.3) is 0 Å². The molecular weight excluding hydrogens is 252 g/mol. The van der Waals surface area contributed by atoms with Gasteiger partial charge in [0.05, 0.1) is 5.60 Å². The van der Waals surface area contributed by atoms with Crippen LogP contribution in [0.2, 0.25) is 0 Å². The van der Waals surface area contributed by atoms with E-state index in [1.165, 1.54) is 0 Å². The fourth-order valence-corrected chi connectivity index (χ4v) is 2.52. The fraction of sp³-hybridized carbons (Fsp3) is 0.733. The number of anilines is 2. The van der Waals surface area contributed by atoms with Crippen molar-refractivity contribution in [2.45, 2.75) is 52.1 Å². The lowest BCUT2D eigenvalue weighted by atomic mass is 9.71. The Kier molecular flexibility index (Phi) is 4.48. The van der Waals surface area contributed by atoms with E-state index in [1.54, 1.807) is 6.20 Å². The van der Waals surface area contributed by atoms with E-state index >= 15 is 0 Å². The quantitative estimate of drug-likeness (QED) is 0.772. The van der Waals surface area contributed by atoms with Crippen molar-refractivity contribution in [2.75, 3.05) is 23.7 Å². The normalized spacial score (nSPS) is 20.4. The maximum absolute atomic E-state index is 10.6. The first-order chi connectivity index (χ1) is 9.42. The van der Waals surface area contributed by atoms with Crippen molar-refractivity contribution in [3.05, 3.63) is 12.3 Å². The molecule has 0 bridgehead atoms. The second-order valence-corrected chi connectivity index (χ2v) is 6.54. The lowest BCUT2D eigenvalue weighted by Gasteiger charge is -2.40. The molecule has 1 fully saturated rings. The van der Waals surface area contributed by atoms with Gasteiger partial charge in [0.25, 0.3) is 0 Å². The highest BCUT2D eigenvalue weighted by Gasteiger charge is 2.36. The van der Waals surface area contributed by atoms with E-state index in [0.717, 1.165) is 38.0 Å². The highest BCUT2D eigenvalue weighted by molar-refractivity contribution is 5.39. The van der Waals surface area contributed by atoms with E-state index in [0.29, 0.717) is 17.9 Å². The molecule has 0 amide bonds. The van der Waals surface area contributed by atoms with Gasteiger partial charge in [0.1, 0.15) is 5.82 Å². The average molecular weight is 278 g/mol. The molecule has 3 N–H and O–H groups in total. The maximum Gasteiger partial charge on any atom is 0.224 e. The number of aromatic nitrogens is 2. The molecule has 5 nitrogen and oxygen atoms in total. The van der Waals surface area contributed by atoms with Crippen LogP contribution in [-0.4, -0.2) is 33.8 Å². The summed E-state index contributed by atoms with van der Waals surface area (Å²) in [6.07, 6.45) is 5.55. The summed E-state index contributed by atoms with van der Waals surface area (Å²) < 4.78 is 0. The van der Waals surface area contributed by atoms with Crippen molar-refractivity contribution in [2.24, 2.45) is 5.41 Å². The largest absolute Gasteiger partial charge is 0.388 e. The van der Waals surface area contributed by atoms with Crippen molar-refractivity contribution in [3.8, 4) is 0 Å². The van der Waals surface area contributed by atoms with E-state index in [-0.39, 0.29) is 0 Å². The molecule has 0 atom stereocenters. The summed E-state index contributed by atoms with van der Waals surface area (Å²) in [5.74, 6) is 1.38. The Morgan fingerprint density at radius 3 is 2.55 bits per heavy atom. The van der Waals surface area contributed by atoms with Gasteiger partial charge in [-0.25, -0.2) is 4.98 Å². The van der Waals surface area contributed by atoms with Crippen LogP contribution in [0.1, 0.15) is 46.5 Å². The number of aliphatic hydroxyl groups is 1. The summed E-state index contributed by atoms with van der Waals surface area (Å²) in [6.45, 7) is 7.89. The van der Waals surface area contributed by atoms with Crippen LogP contribution in [0.5, 0.6) is 0 Å². The molecule has 1 aliphatic rings. The molecule has 5 heteroatoms. The van der Waals surface area contributed by atoms with Gasteiger partial charge in [0, 0.05) is 19.3 Å². The van der Waals surface area contributed by atoms with Gasteiger partial charge in [-0.15, -0.1) is 0 Å². The fourth-order valence-electron chi connectivity index (χ4n) is 2.52. The highest BCUT2D eigenvalue weighted by Crippen LogP contribution is 2.40. The number of nitrogens with one attached hydrogen (secondary N) is 2. The maximum atomic E-state index is 10.6. The molecular formula is C15H26N4O. The van der Waals surface area contributed by atoms with E-state index in [4.69, 9.17) is 0 Å². The summed E-state index contributed by atoms with van der Waals surface area (Å²) in [5, 5.41) is 16.9. The zero-order valence-electron chi connectivity index (χ0n) is 12.7. The second-order valence-electron chi connectivity index (χ2n) is 6.54. The molecule has 112 valence electrons. The number of nitrogens with zero attached hydrogens (tertiary/aromatic N) is 2. The zero-order chi connectivity index (χ0) is 14.6. The molecule has 0 saturated heterocycles. The lowest BCUT2D eigenvalue weighted by molar-refractivity contribution is -0.0145. The van der Waals surface area contributed by atoms with Crippen LogP contribution in [0.4, 0.5) is 11.8 Å². The van der Waals surface area contributed by atoms with Gasteiger partial charge in [-0.2, -0.15) is 4.98 Å². The number of hydrogen-bond donors (Lipinski definition) is 3. The predicted octanol–water partition coefficient (Wildman–Crippen LogP) is 2.65. The number of rotatable bonds is 5. The van der Waals surface area contributed by atoms with E-state index in [1.807, 2.05) is 13.0 Å². The van der Waals surface area contributed by atoms with Crippen LogP contribution >= 0.6 is 0 Å². The Morgan fingerprint density at radius 1 is 1.20 bits per heavy atom. The van der Waals surface area contributed by atoms with Crippen LogP contribution in [-0.2, 0) is 0 Å². The van der Waals surface area contributed by atoms with E-state index < -0.39 is 5.60 Å². The molecule has 20 heavy (non-hydrogen) atoms. The van der Waals surface area contributed by atoms with Crippen LogP contribution in [0.3, 0.4) is 0 Å². The van der Waals surface area contributed by atoms with Gasteiger partial charge < -0.3 is 15.7 Å². The van der Waals surface area contributed by atoms with Gasteiger partial charge in [-0.3, -0.25) is 0 Å². The Hall–Kier alpha value is -1.36. The third-order valence-corrected chi connectivity index (χ3v) is 4.12. The van der Waals surface area contributed by atoms with Crippen LogP contribution in [0, 0.1) is 5.41 Å². The molecule has 1 heterocycles. The summed E-state index contributed by atoms with van der Waals surface area (Å²) in [7, 11) is 0. The first-order valence-electron chi connectivity index (χ1n) is 7.46. The minimum Gasteiger partial charge on any atom is -0.388 e. The molecule has 0 spiro atoms. The van der Waals surface area contributed by atoms with Gasteiger partial charge in [0.15, 0.2) is 0 Å². The average Bonchev–Trinajstić information content (AvgIpc) is 2.42. The van der Waals surface area contributed by atoms with Crippen molar-refractivity contribution in [1.29, 1.82) is 0 Å². The van der Waals surface area contributed by atoms with Gasteiger partial charge in [0.2, 0.25) is 5.95 Å². The minimum absolute atomic E-state index is 0.360. The molecule has 1 aliphatic carbocycles. The first-order valence-corrected chi connectivity index (χ1v) is 7.46. The molecule has 0 aromatic carbocycles. The molecule has 2 rings (SSSR count). The molecule has 0 aliphatic heterocycles. The van der Waals surface area contributed by atoms with Crippen molar-refractivity contribution < 1.29 is 5.11 Å². The van der Waals surface area contributed by atoms with Crippen molar-refractivity contribution in [3.63, 3.8) is 0 Å². The Labute approximate surface area is 121 Å². The molecule has 1 saturated carbocycles. The highest BCUT2D eigenvalue weighted by atomic mass is 16.3. The Bertz CT molecular complexity index is 437. The zero-order valence-corrected chi connectivity index (χ0v) is 12.7. The first kappa shape index (κ1) is 15.0. The molecule has 1 aromatic heterocycles. The third-order valence-electron chi connectivity index (χ3n) is 4.12. The van der Waals surface area contributed by atoms with E-state index in [9.17, 15) is 5.11 Å². The molecule has 1 aromatic rings. The summed E-state index contributed by atoms with van der Waals surface area (Å²) in [4.78, 5) is 8.50. The monoisotopic (exact) mass is 278 g/mol. The predicted molar refractivity (Wildman–Crippen MR) is 81.9 cm³/mol. The van der Waals surface area contributed by atoms with E-state index in [2.05, 4.69) is 34.4 Å². The Morgan fingerprint density at radius 2 is 1.90 bits per heavy atom. The van der Waals surface area contributed by atoms with Crippen molar-refractivity contribution >= 4 is 11.8 Å². The summed E-state index contributed by atoms with van der Waals surface area (Å²) >= 11 is 0. The Balaban J connectivity index is 1.90.